The molecule has 0 unspecified atom stereocenters. The van der Waals surface area contributed by atoms with E-state index in [9.17, 15) is 4.79 Å². The van der Waals surface area contributed by atoms with Gasteiger partial charge in [-0.3, -0.25) is 4.79 Å². The van der Waals surface area contributed by atoms with Crippen molar-refractivity contribution in [2.75, 3.05) is 11.5 Å². The summed E-state index contributed by atoms with van der Waals surface area (Å²) in [4.78, 5) is 12.4. The molecule has 0 saturated heterocycles. The highest BCUT2D eigenvalue weighted by molar-refractivity contribution is 6.35. The van der Waals surface area contributed by atoms with Crippen LogP contribution in [-0.2, 0) is 0 Å². The first kappa shape index (κ1) is 13.4. The molecule has 4 N–H and O–H groups in total. The summed E-state index contributed by atoms with van der Waals surface area (Å²) in [5.74, 6) is -0.174. The van der Waals surface area contributed by atoms with Crippen LogP contribution in [-0.4, -0.2) is 5.78 Å². The first-order valence-electron chi connectivity index (χ1n) is 5.86. The van der Waals surface area contributed by atoms with E-state index in [1.807, 2.05) is 13.8 Å². The van der Waals surface area contributed by atoms with Gasteiger partial charge in [0, 0.05) is 22.5 Å². The van der Waals surface area contributed by atoms with Crippen molar-refractivity contribution in [2.45, 2.75) is 13.8 Å². The van der Waals surface area contributed by atoms with Crippen LogP contribution in [0, 0.1) is 13.8 Å². The van der Waals surface area contributed by atoms with Gasteiger partial charge in [0.05, 0.1) is 5.02 Å². The van der Waals surface area contributed by atoms with Gasteiger partial charge in [-0.25, -0.2) is 0 Å². The molecule has 98 valence electrons. The summed E-state index contributed by atoms with van der Waals surface area (Å²) >= 11 is 6.14. The van der Waals surface area contributed by atoms with E-state index in [0.717, 1.165) is 11.1 Å². The van der Waals surface area contributed by atoms with Crippen molar-refractivity contribution in [1.82, 2.24) is 0 Å². The zero-order chi connectivity index (χ0) is 14.2. The van der Waals surface area contributed by atoms with E-state index >= 15 is 0 Å². The minimum atomic E-state index is -0.174. The minimum Gasteiger partial charge on any atom is -0.399 e. The first-order valence-corrected chi connectivity index (χ1v) is 6.24. The highest BCUT2D eigenvalue weighted by Crippen LogP contribution is 2.25. The van der Waals surface area contributed by atoms with Crippen LogP contribution in [0.5, 0.6) is 0 Å². The molecule has 0 spiro atoms. The lowest BCUT2D eigenvalue weighted by molar-refractivity contribution is 0.103. The Morgan fingerprint density at radius 2 is 1.47 bits per heavy atom. The van der Waals surface area contributed by atoms with E-state index in [2.05, 4.69) is 0 Å². The van der Waals surface area contributed by atoms with Crippen molar-refractivity contribution in [3.8, 4) is 0 Å². The maximum Gasteiger partial charge on any atom is 0.194 e. The number of halogens is 1. The zero-order valence-electron chi connectivity index (χ0n) is 10.8. The molecule has 0 aromatic heterocycles. The maximum absolute atomic E-state index is 12.4. The average Bonchev–Trinajstić information content (AvgIpc) is 2.31. The third-order valence-corrected chi connectivity index (χ3v) is 3.38. The van der Waals surface area contributed by atoms with Gasteiger partial charge in [0.15, 0.2) is 5.78 Å². The summed E-state index contributed by atoms with van der Waals surface area (Å²) in [5, 5.41) is 0.439. The Morgan fingerprint density at radius 3 is 2.05 bits per heavy atom. The molecular weight excluding hydrogens is 260 g/mol. The second-order valence-corrected chi connectivity index (χ2v) is 5.04. The van der Waals surface area contributed by atoms with Gasteiger partial charge < -0.3 is 11.5 Å². The molecule has 0 amide bonds. The lowest BCUT2D eigenvalue weighted by Gasteiger charge is -2.09. The fourth-order valence-corrected chi connectivity index (χ4v) is 2.22. The van der Waals surface area contributed by atoms with E-state index in [1.54, 1.807) is 30.3 Å². The summed E-state index contributed by atoms with van der Waals surface area (Å²) in [7, 11) is 0. The van der Waals surface area contributed by atoms with Crippen LogP contribution in [0.3, 0.4) is 0 Å². The highest BCUT2D eigenvalue weighted by Gasteiger charge is 2.15. The zero-order valence-corrected chi connectivity index (χ0v) is 11.6. The quantitative estimate of drug-likeness (QED) is 0.652. The standard InChI is InChI=1S/C15H15ClN2O/c1-8-3-13(14(16)4-9(8)2)15(19)10-5-11(17)7-12(18)6-10/h3-7H,17-18H2,1-2H3. The Bertz CT molecular complexity index is 645. The van der Waals surface area contributed by atoms with Gasteiger partial charge in [-0.05, 0) is 55.3 Å². The Morgan fingerprint density at radius 1 is 0.947 bits per heavy atom. The number of aryl methyl sites for hydroxylation is 2. The largest absolute Gasteiger partial charge is 0.399 e. The summed E-state index contributed by atoms with van der Waals surface area (Å²) in [5.41, 5.74) is 15.3. The van der Waals surface area contributed by atoms with Crippen LogP contribution >= 0.6 is 11.6 Å². The van der Waals surface area contributed by atoms with Crippen LogP contribution in [0.15, 0.2) is 30.3 Å². The number of rotatable bonds is 2. The molecule has 0 bridgehead atoms. The van der Waals surface area contributed by atoms with E-state index in [1.165, 1.54) is 0 Å². The van der Waals surface area contributed by atoms with Gasteiger partial charge in [-0.2, -0.15) is 0 Å². The summed E-state index contributed by atoms with van der Waals surface area (Å²) < 4.78 is 0. The second-order valence-electron chi connectivity index (χ2n) is 4.63. The number of hydrogen-bond acceptors (Lipinski definition) is 3. The smallest absolute Gasteiger partial charge is 0.194 e. The number of benzene rings is 2. The minimum absolute atomic E-state index is 0.174. The fourth-order valence-electron chi connectivity index (χ4n) is 1.92. The summed E-state index contributed by atoms with van der Waals surface area (Å²) in [6.07, 6.45) is 0. The maximum atomic E-state index is 12.4. The van der Waals surface area contributed by atoms with Gasteiger partial charge in [-0.1, -0.05) is 11.6 Å². The third-order valence-electron chi connectivity index (χ3n) is 3.07. The predicted octanol–water partition coefficient (Wildman–Crippen LogP) is 3.35. The molecule has 3 nitrogen and oxygen atoms in total. The third kappa shape index (κ3) is 2.71. The Kier molecular flexibility index (Phi) is 3.49. The van der Waals surface area contributed by atoms with Crippen LogP contribution in [0.1, 0.15) is 27.0 Å². The molecule has 0 atom stereocenters. The number of carbonyl (C=O) groups is 1. The van der Waals surface area contributed by atoms with Crippen molar-refractivity contribution in [3.63, 3.8) is 0 Å². The SMILES string of the molecule is Cc1cc(Cl)c(C(=O)c2cc(N)cc(N)c2)cc1C. The lowest BCUT2D eigenvalue weighted by Crippen LogP contribution is -2.05. The second kappa shape index (κ2) is 4.94. The average molecular weight is 275 g/mol. The molecule has 19 heavy (non-hydrogen) atoms. The number of anilines is 2. The number of nitrogens with two attached hydrogens (primary N) is 2. The van der Waals surface area contributed by atoms with Crippen molar-refractivity contribution in [2.24, 2.45) is 0 Å². The monoisotopic (exact) mass is 274 g/mol. The Hall–Kier alpha value is -2.00. The number of hydrogen-bond donors (Lipinski definition) is 2. The molecule has 2 aromatic rings. The van der Waals surface area contributed by atoms with E-state index in [-0.39, 0.29) is 5.78 Å². The van der Waals surface area contributed by atoms with Gasteiger partial charge in [0.25, 0.3) is 0 Å². The molecule has 0 heterocycles. The van der Waals surface area contributed by atoms with Crippen LogP contribution in [0.2, 0.25) is 5.02 Å². The molecule has 4 heteroatoms. The van der Waals surface area contributed by atoms with E-state index in [4.69, 9.17) is 23.1 Å². The van der Waals surface area contributed by atoms with Crippen LogP contribution < -0.4 is 11.5 Å². The molecule has 0 fully saturated rings. The number of nitrogen functional groups attached to an aromatic ring is 2. The van der Waals surface area contributed by atoms with Gasteiger partial charge in [0.2, 0.25) is 0 Å². The molecule has 0 aliphatic heterocycles. The molecule has 0 aliphatic carbocycles. The van der Waals surface area contributed by atoms with Crippen molar-refractivity contribution >= 4 is 28.8 Å². The topological polar surface area (TPSA) is 69.1 Å². The lowest BCUT2D eigenvalue weighted by atomic mass is 9.98. The molecule has 0 saturated carbocycles. The Labute approximate surface area is 117 Å². The van der Waals surface area contributed by atoms with Gasteiger partial charge in [-0.15, -0.1) is 0 Å². The molecule has 0 aliphatic rings. The summed E-state index contributed by atoms with van der Waals surface area (Å²) in [6.45, 7) is 3.89. The number of carbonyl (C=O) groups excluding carboxylic acids is 1. The normalized spacial score (nSPS) is 10.5. The van der Waals surface area contributed by atoms with Crippen LogP contribution in [0.25, 0.3) is 0 Å². The molecular formula is C15H15ClN2O. The highest BCUT2D eigenvalue weighted by atomic mass is 35.5. The Balaban J connectivity index is 2.53. The van der Waals surface area contributed by atoms with Crippen molar-refractivity contribution in [3.05, 3.63) is 57.6 Å². The molecule has 2 rings (SSSR count). The van der Waals surface area contributed by atoms with E-state index < -0.39 is 0 Å². The van der Waals surface area contributed by atoms with E-state index in [0.29, 0.717) is 27.5 Å². The summed E-state index contributed by atoms with van der Waals surface area (Å²) in [6, 6.07) is 8.40. The van der Waals surface area contributed by atoms with Gasteiger partial charge in [0.1, 0.15) is 0 Å². The van der Waals surface area contributed by atoms with Crippen molar-refractivity contribution in [1.29, 1.82) is 0 Å². The predicted molar refractivity (Wildman–Crippen MR) is 79.6 cm³/mol. The molecule has 2 aromatic carbocycles. The number of ketones is 1. The first-order chi connectivity index (χ1) is 8.88. The molecule has 0 radical (unpaired) electrons. The van der Waals surface area contributed by atoms with Gasteiger partial charge >= 0.3 is 0 Å². The van der Waals surface area contributed by atoms with Crippen LogP contribution in [0.4, 0.5) is 11.4 Å². The van der Waals surface area contributed by atoms with Crippen molar-refractivity contribution < 1.29 is 4.79 Å². The fraction of sp³-hybridized carbons (Fsp3) is 0.133.